The van der Waals surface area contributed by atoms with Gasteiger partial charge >= 0.3 is 0 Å². The van der Waals surface area contributed by atoms with Gasteiger partial charge in [-0.2, -0.15) is 5.10 Å². The van der Waals surface area contributed by atoms with Gasteiger partial charge in [0.2, 0.25) is 23.7 Å². The number of ether oxygens (including phenoxy) is 1. The second kappa shape index (κ2) is 21.7. The summed E-state index contributed by atoms with van der Waals surface area (Å²) in [6, 6.07) is 2.49. The van der Waals surface area contributed by atoms with Crippen molar-refractivity contribution < 1.29 is 41.1 Å². The fraction of sp³-hybridized carbons (Fsp3) is 0.490. The van der Waals surface area contributed by atoms with E-state index in [0.717, 1.165) is 29.5 Å². The molecule has 4 atom stereocenters. The predicted molar refractivity (Wildman–Crippen MR) is 270 cm³/mol. The smallest absolute Gasteiger partial charge is 0.254 e. The van der Waals surface area contributed by atoms with Crippen LogP contribution in [0.3, 0.4) is 0 Å². The molecule has 2 fully saturated rings. The number of sulfone groups is 1. The molecule has 0 aliphatic carbocycles. The number of hydrogen-bond acceptors (Lipinski definition) is 16. The maximum absolute atomic E-state index is 14.7. The number of nitrogens with zero attached hydrogens (tertiary/aromatic N) is 8. The number of piperazine rings is 1. The number of rotatable bonds is 16. The Morgan fingerprint density at radius 2 is 1.60 bits per heavy atom. The minimum absolute atomic E-state index is 0.0253. The largest absolute Gasteiger partial charge is 0.491 e. The van der Waals surface area contributed by atoms with E-state index >= 15 is 0 Å². The lowest BCUT2D eigenvalue weighted by Gasteiger charge is -2.36. The van der Waals surface area contributed by atoms with Crippen molar-refractivity contribution in [2.24, 2.45) is 5.41 Å². The Hall–Kier alpha value is -6.92. The molecule has 0 saturated carbocycles. The molecule has 392 valence electrons. The summed E-state index contributed by atoms with van der Waals surface area (Å²) in [5.41, 5.74) is 0.873. The van der Waals surface area contributed by atoms with Gasteiger partial charge in [-0.05, 0) is 78.6 Å². The van der Waals surface area contributed by atoms with Gasteiger partial charge in [-0.3, -0.25) is 29.2 Å². The summed E-state index contributed by atoms with van der Waals surface area (Å²) in [6.07, 6.45) is 4.05. The highest BCUT2D eigenvalue weighted by atomic mass is 32.2. The van der Waals surface area contributed by atoms with Crippen LogP contribution in [-0.4, -0.2) is 154 Å². The normalized spacial score (nSPS) is 17.5. The first kappa shape index (κ1) is 53.9. The van der Waals surface area contributed by atoms with Gasteiger partial charge in [0.25, 0.3) is 5.91 Å². The Bertz CT molecular complexity index is 2950. The van der Waals surface area contributed by atoms with Crippen LogP contribution in [0, 0.1) is 30.9 Å². The second-order valence-electron chi connectivity index (χ2n) is 20.4. The molecule has 0 radical (unpaired) electrons. The molecule has 2 aliphatic heterocycles. The molecular weight excluding hydrogens is 967 g/mol. The summed E-state index contributed by atoms with van der Waals surface area (Å²) in [4.78, 5) is 77.9. The maximum Gasteiger partial charge on any atom is 0.254 e. The number of hydrogen-bond donors (Lipinski definition) is 6. The number of carbonyl (C=O) groups is 4. The molecule has 2 saturated heterocycles. The molecule has 5 heterocycles. The summed E-state index contributed by atoms with van der Waals surface area (Å²) in [6.45, 7) is 18.4. The van der Waals surface area contributed by atoms with Crippen LogP contribution < -0.4 is 36.2 Å². The SMILES string of the molecule is CN[C@@H](C)C(=O)N[C@H](C(=O)N1C[C@@H](NC(=O)c2cnc(N3CCN(CCOc4cc5ncnc(Nc6n[nH]c(C)c6C)c5cc4S(=O)(=O)C(C)(C)C)CC3)nc2)C[C@H]1C(=O)Nc1c(F)cccc1F)C(C)(C)C. The van der Waals surface area contributed by atoms with Crippen molar-refractivity contribution in [3.8, 4) is 5.75 Å². The van der Waals surface area contributed by atoms with E-state index in [1.54, 1.807) is 67.6 Å². The van der Waals surface area contributed by atoms with E-state index in [9.17, 15) is 36.4 Å². The molecule has 24 heteroatoms. The Labute approximate surface area is 423 Å². The van der Waals surface area contributed by atoms with Gasteiger partial charge in [0.05, 0.1) is 21.9 Å². The number of anilines is 4. The number of aromatic nitrogens is 6. The van der Waals surface area contributed by atoms with E-state index in [2.05, 4.69) is 61.6 Å². The Morgan fingerprint density at radius 1 is 0.932 bits per heavy atom. The molecule has 2 aliphatic rings. The number of aryl methyl sites for hydroxylation is 1. The van der Waals surface area contributed by atoms with Crippen LogP contribution in [0.15, 0.2) is 53.9 Å². The number of likely N-dealkylation sites (tertiary alicyclic amines) is 1. The van der Waals surface area contributed by atoms with Crippen molar-refractivity contribution >= 4 is 67.6 Å². The third kappa shape index (κ3) is 12.0. The van der Waals surface area contributed by atoms with Gasteiger partial charge < -0.3 is 41.1 Å². The fourth-order valence-corrected chi connectivity index (χ4v) is 9.65. The average Bonchev–Trinajstić information content (AvgIpc) is 3.91. The Kier molecular flexibility index (Phi) is 16.0. The maximum atomic E-state index is 14.7. The summed E-state index contributed by atoms with van der Waals surface area (Å²) in [5.74, 6) is -2.99. The summed E-state index contributed by atoms with van der Waals surface area (Å²) >= 11 is 0. The van der Waals surface area contributed by atoms with Crippen molar-refractivity contribution in [3.05, 3.63) is 77.5 Å². The fourth-order valence-electron chi connectivity index (χ4n) is 8.33. The monoisotopic (exact) mass is 1030 g/mol. The summed E-state index contributed by atoms with van der Waals surface area (Å²) in [7, 11) is -2.29. The van der Waals surface area contributed by atoms with E-state index in [-0.39, 0.29) is 35.8 Å². The number of amides is 4. The van der Waals surface area contributed by atoms with Gasteiger partial charge in [0, 0.05) is 80.4 Å². The number of carbonyl (C=O) groups excluding carboxylic acids is 4. The van der Waals surface area contributed by atoms with E-state index in [1.807, 2.05) is 18.7 Å². The quantitative estimate of drug-likeness (QED) is 0.0815. The van der Waals surface area contributed by atoms with E-state index in [0.29, 0.717) is 61.2 Å². The van der Waals surface area contributed by atoms with Gasteiger partial charge in [0.15, 0.2) is 15.7 Å². The molecule has 21 nitrogen and oxygen atoms in total. The zero-order chi connectivity index (χ0) is 53.2. The number of nitrogens with one attached hydrogen (secondary N) is 6. The number of likely N-dealkylation sites (N-methyl/N-ethyl adjacent to an activating group) is 1. The lowest BCUT2D eigenvalue weighted by atomic mass is 9.85. The van der Waals surface area contributed by atoms with Gasteiger partial charge in [-0.1, -0.05) is 26.8 Å². The van der Waals surface area contributed by atoms with Crippen molar-refractivity contribution in [3.63, 3.8) is 0 Å². The first-order valence-electron chi connectivity index (χ1n) is 24.0. The third-order valence-electron chi connectivity index (χ3n) is 13.2. The molecule has 0 bridgehead atoms. The molecule has 7 rings (SSSR count). The second-order valence-corrected chi connectivity index (χ2v) is 23.0. The van der Waals surface area contributed by atoms with Crippen molar-refractivity contribution in [2.45, 2.75) is 103 Å². The van der Waals surface area contributed by atoms with Gasteiger partial charge in [-0.25, -0.2) is 37.1 Å². The van der Waals surface area contributed by atoms with Crippen LogP contribution in [0.2, 0.25) is 0 Å². The Morgan fingerprint density at radius 3 is 2.21 bits per heavy atom. The van der Waals surface area contributed by atoms with E-state index in [1.165, 1.54) is 23.6 Å². The zero-order valence-electron chi connectivity index (χ0n) is 42.7. The van der Waals surface area contributed by atoms with Gasteiger partial charge in [0.1, 0.15) is 58.8 Å². The number of H-pyrrole nitrogens is 1. The third-order valence-corrected chi connectivity index (χ3v) is 15.7. The molecule has 2 aromatic carbocycles. The standard InChI is InChI=1S/C49H64F2N14O7S/c1-27-28(2)61-62-41(27)60-42-32-21-38(73(70,71)49(7,8)9)37(22-35(32)55-26-56-42)72-19-18-63-14-16-64(17-15-63)47-53-23-30(24-54-47)44(67)57-31-20-36(45(68)58-39-33(50)12-11-13-34(39)51)65(25-31)46(69)40(48(4,5)6)59-43(66)29(3)52-10/h11-13,21-24,26,29,31,36,40,52H,14-20,25H2,1-10H3,(H,57,67)(H,58,68)(H,59,66)(H2,55,56,60,61,62)/t29-,31-,36-,40+/m0/s1. The summed E-state index contributed by atoms with van der Waals surface area (Å²) < 4.78 is 62.4. The predicted octanol–water partition coefficient (Wildman–Crippen LogP) is 4.03. The average molecular weight is 1030 g/mol. The molecule has 0 unspecified atom stereocenters. The van der Waals surface area contributed by atoms with E-state index in [4.69, 9.17) is 4.74 Å². The van der Waals surface area contributed by atoms with Crippen LogP contribution in [0.25, 0.3) is 10.9 Å². The lowest BCUT2D eigenvalue weighted by molar-refractivity contribution is -0.143. The summed E-state index contributed by atoms with van der Waals surface area (Å²) in [5, 5.41) is 21.7. The van der Waals surface area contributed by atoms with Crippen LogP contribution in [-0.2, 0) is 24.2 Å². The molecule has 5 aromatic rings. The highest BCUT2D eigenvalue weighted by Gasteiger charge is 2.46. The molecule has 6 N–H and O–H groups in total. The minimum atomic E-state index is -3.89. The number of halogens is 2. The van der Waals surface area contributed by atoms with Crippen LogP contribution >= 0.6 is 0 Å². The molecule has 4 amide bonds. The number of para-hydroxylation sites is 1. The van der Waals surface area contributed by atoms with Crippen molar-refractivity contribution in [1.29, 1.82) is 0 Å². The molecule has 73 heavy (non-hydrogen) atoms. The Balaban J connectivity index is 0.979. The highest BCUT2D eigenvalue weighted by molar-refractivity contribution is 7.92. The van der Waals surface area contributed by atoms with Gasteiger partial charge in [-0.15, -0.1) is 0 Å². The molecule has 3 aromatic heterocycles. The highest BCUT2D eigenvalue weighted by Crippen LogP contribution is 2.37. The first-order valence-corrected chi connectivity index (χ1v) is 25.4. The van der Waals surface area contributed by atoms with Crippen molar-refractivity contribution in [2.75, 3.05) is 68.5 Å². The van der Waals surface area contributed by atoms with Crippen molar-refractivity contribution in [1.82, 2.24) is 55.9 Å². The minimum Gasteiger partial charge on any atom is -0.491 e. The topological polar surface area (TPSA) is 262 Å². The number of benzene rings is 2. The number of fused-ring (bicyclic) bond motifs is 1. The molecular formula is C49H64F2N14O7S. The molecule has 0 spiro atoms. The van der Waals surface area contributed by atoms with Crippen LogP contribution in [0.1, 0.15) is 76.5 Å². The number of aromatic amines is 1. The zero-order valence-corrected chi connectivity index (χ0v) is 43.5. The lowest BCUT2D eigenvalue weighted by Crippen LogP contribution is -2.59. The van der Waals surface area contributed by atoms with E-state index < -0.39 is 85.1 Å². The van der Waals surface area contributed by atoms with Crippen LogP contribution in [0.4, 0.5) is 32.1 Å². The first-order chi connectivity index (χ1) is 34.4. The van der Waals surface area contributed by atoms with Crippen LogP contribution in [0.5, 0.6) is 5.75 Å².